The molecule has 0 saturated carbocycles. The van der Waals surface area contributed by atoms with Gasteiger partial charge in [0.15, 0.2) is 11.5 Å². The van der Waals surface area contributed by atoms with E-state index in [9.17, 15) is 9.90 Å². The van der Waals surface area contributed by atoms with Crippen LogP contribution in [0.15, 0.2) is 35.0 Å². The summed E-state index contributed by atoms with van der Waals surface area (Å²) in [6.07, 6.45) is 1.37. The van der Waals surface area contributed by atoms with E-state index in [4.69, 9.17) is 9.47 Å². The van der Waals surface area contributed by atoms with E-state index in [0.717, 1.165) is 18.7 Å². The molecule has 1 N–H and O–H groups in total. The molecule has 1 aliphatic rings. The highest BCUT2D eigenvalue weighted by molar-refractivity contribution is 7.08. The van der Waals surface area contributed by atoms with Gasteiger partial charge in [-0.2, -0.15) is 11.3 Å². The van der Waals surface area contributed by atoms with Gasteiger partial charge < -0.3 is 14.6 Å². The van der Waals surface area contributed by atoms with Gasteiger partial charge in [-0.25, -0.2) is 0 Å². The Bertz CT molecular complexity index is 708. The first-order valence-corrected chi connectivity index (χ1v) is 9.29. The molecule has 25 heavy (non-hydrogen) atoms. The zero-order valence-electron chi connectivity index (χ0n) is 14.5. The first-order chi connectivity index (χ1) is 12.1. The molecule has 5 nitrogen and oxygen atoms in total. The van der Waals surface area contributed by atoms with Gasteiger partial charge in [0.25, 0.3) is 0 Å². The fraction of sp³-hybridized carbons (Fsp3) is 0.421. The van der Waals surface area contributed by atoms with E-state index in [1.54, 1.807) is 25.6 Å². The predicted molar refractivity (Wildman–Crippen MR) is 97.6 cm³/mol. The van der Waals surface area contributed by atoms with Crippen LogP contribution < -0.4 is 9.47 Å². The Balaban J connectivity index is 1.90. The maximum atomic E-state index is 11.2. The molecule has 1 aromatic heterocycles. The summed E-state index contributed by atoms with van der Waals surface area (Å²) in [5.74, 6) is 0.503. The van der Waals surface area contributed by atoms with Gasteiger partial charge in [-0.15, -0.1) is 0 Å². The Morgan fingerprint density at radius 2 is 1.88 bits per heavy atom. The second-order valence-electron chi connectivity index (χ2n) is 6.22. The summed E-state index contributed by atoms with van der Waals surface area (Å²) in [5.41, 5.74) is 2.36. The van der Waals surface area contributed by atoms with Crippen LogP contribution in [0.5, 0.6) is 11.5 Å². The monoisotopic (exact) mass is 361 g/mol. The van der Waals surface area contributed by atoms with Crippen molar-refractivity contribution in [1.82, 2.24) is 4.90 Å². The molecule has 0 spiro atoms. The third-order valence-electron chi connectivity index (χ3n) is 4.83. The minimum atomic E-state index is -0.683. The molecule has 0 radical (unpaired) electrons. The molecule has 1 aliphatic heterocycles. The molecule has 134 valence electrons. The number of piperidine rings is 1. The molecule has 0 aliphatic carbocycles. The lowest BCUT2D eigenvalue weighted by Crippen LogP contribution is -2.39. The number of likely N-dealkylation sites (tertiary alicyclic amines) is 1. The average Bonchev–Trinajstić information content (AvgIpc) is 3.16. The van der Waals surface area contributed by atoms with Crippen LogP contribution in [0.2, 0.25) is 0 Å². The number of carbonyl (C=O) groups is 1. The maximum Gasteiger partial charge on any atom is 0.306 e. The van der Waals surface area contributed by atoms with Gasteiger partial charge in [-0.05, 0) is 66.0 Å². The lowest BCUT2D eigenvalue weighted by atomic mass is 9.92. The van der Waals surface area contributed by atoms with Gasteiger partial charge in [0, 0.05) is 0 Å². The van der Waals surface area contributed by atoms with Crippen LogP contribution in [-0.2, 0) is 4.79 Å². The molecule has 1 saturated heterocycles. The lowest BCUT2D eigenvalue weighted by molar-refractivity contribution is -0.143. The average molecular weight is 361 g/mol. The smallest absolute Gasteiger partial charge is 0.306 e. The molecular formula is C19H23NO4S. The van der Waals surface area contributed by atoms with Crippen molar-refractivity contribution in [3.63, 3.8) is 0 Å². The molecule has 1 atom stereocenters. The minimum absolute atomic E-state index is 0.0980. The van der Waals surface area contributed by atoms with Gasteiger partial charge in [0.2, 0.25) is 0 Å². The van der Waals surface area contributed by atoms with Gasteiger partial charge in [0.05, 0.1) is 26.2 Å². The van der Waals surface area contributed by atoms with E-state index in [2.05, 4.69) is 27.8 Å². The van der Waals surface area contributed by atoms with Gasteiger partial charge >= 0.3 is 5.97 Å². The van der Waals surface area contributed by atoms with E-state index < -0.39 is 5.97 Å². The van der Waals surface area contributed by atoms with E-state index in [0.29, 0.717) is 24.3 Å². The molecule has 0 bridgehead atoms. The minimum Gasteiger partial charge on any atom is -0.493 e. The van der Waals surface area contributed by atoms with Crippen LogP contribution >= 0.6 is 11.3 Å². The quantitative estimate of drug-likeness (QED) is 0.851. The second kappa shape index (κ2) is 7.89. The zero-order valence-corrected chi connectivity index (χ0v) is 15.3. The number of benzene rings is 1. The number of carboxylic acids is 1. The van der Waals surface area contributed by atoms with Gasteiger partial charge in [-0.3, -0.25) is 9.69 Å². The molecule has 2 aromatic rings. The molecule has 1 fully saturated rings. The van der Waals surface area contributed by atoms with Crippen LogP contribution in [0.25, 0.3) is 0 Å². The third kappa shape index (κ3) is 3.80. The Labute approximate surface area is 151 Å². The van der Waals surface area contributed by atoms with Crippen molar-refractivity contribution in [3.05, 3.63) is 46.2 Å². The molecule has 1 unspecified atom stereocenters. The summed E-state index contributed by atoms with van der Waals surface area (Å²) >= 11 is 1.67. The highest BCUT2D eigenvalue weighted by Crippen LogP contribution is 2.37. The summed E-state index contributed by atoms with van der Waals surface area (Å²) in [4.78, 5) is 13.6. The number of thiophene rings is 1. The van der Waals surface area contributed by atoms with Gasteiger partial charge in [0.1, 0.15) is 0 Å². The Hall–Kier alpha value is -2.05. The topological polar surface area (TPSA) is 59.0 Å². The van der Waals surface area contributed by atoms with E-state index in [1.807, 2.05) is 12.1 Å². The number of ether oxygens (including phenoxy) is 2. The summed E-state index contributed by atoms with van der Waals surface area (Å²) in [7, 11) is 3.27. The molecule has 2 heterocycles. The highest BCUT2D eigenvalue weighted by atomic mass is 32.1. The first-order valence-electron chi connectivity index (χ1n) is 8.35. The van der Waals surface area contributed by atoms with Crippen molar-refractivity contribution >= 4 is 17.3 Å². The summed E-state index contributed by atoms with van der Waals surface area (Å²) in [6.45, 7) is 1.54. The Morgan fingerprint density at radius 1 is 1.16 bits per heavy atom. The van der Waals surface area contributed by atoms with Crippen LogP contribution in [0.3, 0.4) is 0 Å². The van der Waals surface area contributed by atoms with Crippen LogP contribution in [0, 0.1) is 5.92 Å². The van der Waals surface area contributed by atoms with Crippen LogP contribution in [-0.4, -0.2) is 43.3 Å². The molecule has 6 heteroatoms. The molecular weight excluding hydrogens is 338 g/mol. The number of hydrogen-bond acceptors (Lipinski definition) is 5. The zero-order chi connectivity index (χ0) is 17.8. The van der Waals surface area contributed by atoms with Crippen molar-refractivity contribution in [3.8, 4) is 11.5 Å². The fourth-order valence-corrected chi connectivity index (χ4v) is 4.15. The predicted octanol–water partition coefficient (Wildman–Crippen LogP) is 3.65. The first kappa shape index (κ1) is 17.8. The summed E-state index contributed by atoms with van der Waals surface area (Å²) in [6, 6.07) is 8.24. The normalized spacial score (nSPS) is 17.2. The largest absolute Gasteiger partial charge is 0.493 e. The maximum absolute atomic E-state index is 11.2. The number of rotatable bonds is 6. The van der Waals surface area contributed by atoms with Crippen molar-refractivity contribution in [2.45, 2.75) is 18.9 Å². The Kier molecular flexibility index (Phi) is 5.60. The number of carboxylic acid groups (broad SMARTS) is 1. The van der Waals surface area contributed by atoms with Crippen molar-refractivity contribution in [2.75, 3.05) is 27.3 Å². The number of hydrogen-bond donors (Lipinski definition) is 1. The van der Waals surface area contributed by atoms with Crippen molar-refractivity contribution in [2.24, 2.45) is 5.92 Å². The van der Waals surface area contributed by atoms with Crippen LogP contribution in [0.4, 0.5) is 0 Å². The summed E-state index contributed by atoms with van der Waals surface area (Å²) in [5, 5.41) is 13.5. The SMILES string of the molecule is COc1ccc(C(c2ccsc2)N2CCC(C(=O)O)CC2)cc1OC. The van der Waals surface area contributed by atoms with E-state index >= 15 is 0 Å². The molecule has 1 aromatic carbocycles. The van der Waals surface area contributed by atoms with Gasteiger partial charge in [-0.1, -0.05) is 6.07 Å². The number of aliphatic carboxylic acids is 1. The Morgan fingerprint density at radius 3 is 2.44 bits per heavy atom. The molecule has 3 rings (SSSR count). The van der Waals surface area contributed by atoms with Crippen molar-refractivity contribution in [1.29, 1.82) is 0 Å². The van der Waals surface area contributed by atoms with Crippen molar-refractivity contribution < 1.29 is 19.4 Å². The third-order valence-corrected chi connectivity index (χ3v) is 5.53. The second-order valence-corrected chi connectivity index (χ2v) is 7.00. The van der Waals surface area contributed by atoms with E-state index in [1.165, 1.54) is 5.56 Å². The number of methoxy groups -OCH3 is 2. The molecule has 0 amide bonds. The highest BCUT2D eigenvalue weighted by Gasteiger charge is 2.30. The van der Waals surface area contributed by atoms with Crippen LogP contribution in [0.1, 0.15) is 30.0 Å². The lowest BCUT2D eigenvalue weighted by Gasteiger charge is -2.36. The standard InChI is InChI=1S/C19H23NO4S/c1-23-16-4-3-14(11-17(16)24-2)18(15-7-10-25-12-15)20-8-5-13(6-9-20)19(21)22/h3-4,7,10-13,18H,5-6,8-9H2,1-2H3,(H,21,22). The fourth-order valence-electron chi connectivity index (χ4n) is 3.47. The summed E-state index contributed by atoms with van der Waals surface area (Å²) < 4.78 is 10.8. The van der Waals surface area contributed by atoms with E-state index in [-0.39, 0.29) is 12.0 Å². The number of nitrogens with zero attached hydrogens (tertiary/aromatic N) is 1.